The monoisotopic (exact) mass is 503 g/mol. The van der Waals surface area contributed by atoms with E-state index in [1.54, 1.807) is 48.7 Å². The predicted molar refractivity (Wildman–Crippen MR) is 131 cm³/mol. The van der Waals surface area contributed by atoms with Crippen LogP contribution in [0.5, 0.6) is 0 Å². The van der Waals surface area contributed by atoms with Crippen LogP contribution in [-0.2, 0) is 9.59 Å². The van der Waals surface area contributed by atoms with Crippen molar-refractivity contribution in [2.75, 3.05) is 4.90 Å². The molecule has 0 bridgehead atoms. The van der Waals surface area contributed by atoms with E-state index in [0.29, 0.717) is 21.8 Å². The molecule has 1 N–H and O–H groups in total. The number of halogens is 2. The molecule has 3 aliphatic rings. The molecular formula is C26H15Cl2N3O4. The third kappa shape index (κ3) is 3.08. The number of ketones is 1. The smallest absolute Gasteiger partial charge is 0.243 e. The predicted octanol–water partition coefficient (Wildman–Crippen LogP) is 4.86. The number of amides is 2. The maximum absolute atomic E-state index is 13.8. The van der Waals surface area contributed by atoms with E-state index in [2.05, 4.69) is 9.98 Å². The number of carbonyl (C=O) groups is 3. The number of rotatable bonds is 3. The summed E-state index contributed by atoms with van der Waals surface area (Å²) in [5.41, 5.74) is 1.36. The fourth-order valence-corrected chi connectivity index (χ4v) is 5.52. The topological polar surface area (TPSA) is 99.9 Å². The third-order valence-corrected chi connectivity index (χ3v) is 7.09. The zero-order valence-corrected chi connectivity index (χ0v) is 19.4. The molecule has 3 heterocycles. The molecule has 1 aliphatic carbocycles. The van der Waals surface area contributed by atoms with E-state index < -0.39 is 35.5 Å². The van der Waals surface area contributed by atoms with Crippen LogP contribution in [0.3, 0.4) is 0 Å². The van der Waals surface area contributed by atoms with Crippen molar-refractivity contribution in [3.63, 3.8) is 0 Å². The number of hydrogen-bond acceptors (Lipinski definition) is 6. The number of carbonyl (C=O) groups excluding carboxylic acids is 3. The zero-order valence-electron chi connectivity index (χ0n) is 17.9. The number of hydrogen-bond donors (Lipinski definition) is 1. The lowest BCUT2D eigenvalue weighted by Crippen LogP contribution is -2.34. The van der Waals surface area contributed by atoms with Crippen molar-refractivity contribution < 1.29 is 19.5 Å². The first-order valence-electron chi connectivity index (χ1n) is 10.8. The molecule has 172 valence electrons. The molecule has 2 amide bonds. The number of imide groups is 1. The number of aliphatic hydroxyl groups excluding tert-OH is 1. The van der Waals surface area contributed by atoms with Crippen LogP contribution in [0, 0.1) is 11.8 Å². The van der Waals surface area contributed by atoms with Crippen molar-refractivity contribution >= 4 is 58.0 Å². The first-order valence-corrected chi connectivity index (χ1v) is 11.5. The minimum absolute atomic E-state index is 0.0650. The lowest BCUT2D eigenvalue weighted by molar-refractivity contribution is -0.122. The number of fused-ring (bicyclic) bond motifs is 2. The first-order chi connectivity index (χ1) is 16.9. The average Bonchev–Trinajstić information content (AvgIpc) is 3.45. The summed E-state index contributed by atoms with van der Waals surface area (Å²) in [5.74, 6) is -3.83. The largest absolute Gasteiger partial charge is 0.506 e. The van der Waals surface area contributed by atoms with E-state index in [1.165, 1.54) is 18.2 Å². The highest BCUT2D eigenvalue weighted by Crippen LogP contribution is 2.49. The Hall–Kier alpha value is -3.81. The highest BCUT2D eigenvalue weighted by atomic mass is 35.5. The zero-order chi connectivity index (χ0) is 24.4. The van der Waals surface area contributed by atoms with Gasteiger partial charge in [0.1, 0.15) is 11.8 Å². The molecular weight excluding hydrogens is 489 g/mol. The summed E-state index contributed by atoms with van der Waals surface area (Å²) in [6.07, 6.45) is 1.57. The summed E-state index contributed by atoms with van der Waals surface area (Å²) in [6.45, 7) is 0. The van der Waals surface area contributed by atoms with Gasteiger partial charge in [-0.25, -0.2) is 4.90 Å². The van der Waals surface area contributed by atoms with Gasteiger partial charge in [0.15, 0.2) is 5.78 Å². The molecule has 7 nitrogen and oxygen atoms in total. The van der Waals surface area contributed by atoms with E-state index in [9.17, 15) is 19.5 Å². The normalized spacial score (nSPS) is 23.1. The van der Waals surface area contributed by atoms with Gasteiger partial charge in [-0.2, -0.15) is 0 Å². The molecule has 3 atom stereocenters. The van der Waals surface area contributed by atoms with E-state index in [1.807, 2.05) is 0 Å². The molecule has 0 saturated carbocycles. The minimum Gasteiger partial charge on any atom is -0.506 e. The molecule has 1 fully saturated rings. The molecule has 0 radical (unpaired) electrons. The Morgan fingerprint density at radius 1 is 0.886 bits per heavy atom. The molecule has 2 aromatic carbocycles. The molecule has 0 unspecified atom stereocenters. The summed E-state index contributed by atoms with van der Waals surface area (Å²) < 4.78 is 0. The van der Waals surface area contributed by atoms with Crippen molar-refractivity contribution in [1.29, 1.82) is 0 Å². The number of Topliss-reactive ketones (excluding diaryl/α,β-unsaturated/α-hetero) is 1. The number of aliphatic hydroxyl groups is 1. The summed E-state index contributed by atoms with van der Waals surface area (Å²) in [5, 5.41) is 11.5. The van der Waals surface area contributed by atoms with Crippen molar-refractivity contribution in [1.82, 2.24) is 4.98 Å². The number of nitrogens with zero attached hydrogens (tertiary/aromatic N) is 3. The number of aliphatic imine (C=N–C) groups is 1. The van der Waals surface area contributed by atoms with E-state index in [-0.39, 0.29) is 27.8 Å². The highest BCUT2D eigenvalue weighted by molar-refractivity contribution is 6.44. The van der Waals surface area contributed by atoms with Gasteiger partial charge >= 0.3 is 0 Å². The van der Waals surface area contributed by atoms with Crippen LogP contribution in [0.1, 0.15) is 27.7 Å². The standard InChI is InChI=1S/C26H15Cl2N3O4/c27-12-8-9-17(15(28)11-12)31-25(34)18-19(26(31)35)22(30-21(18)16-7-3-4-10-29-16)20-23(32)13-5-1-2-6-14(13)24(20)33/h1-11,18-19,21,32H/t18-,19-,21+/m0/s1. The van der Waals surface area contributed by atoms with Gasteiger partial charge < -0.3 is 5.11 Å². The quantitative estimate of drug-likeness (QED) is 0.514. The Morgan fingerprint density at radius 3 is 2.31 bits per heavy atom. The Balaban J connectivity index is 1.52. The number of anilines is 1. The van der Waals surface area contributed by atoms with Gasteiger partial charge in [-0.3, -0.25) is 24.4 Å². The Morgan fingerprint density at radius 2 is 1.63 bits per heavy atom. The number of aromatic nitrogens is 1. The van der Waals surface area contributed by atoms with E-state index in [4.69, 9.17) is 23.2 Å². The molecule has 1 aromatic heterocycles. The lowest BCUT2D eigenvalue weighted by Gasteiger charge is -2.19. The molecule has 6 rings (SSSR count). The Labute approximate surface area is 209 Å². The fraction of sp³-hybridized carbons (Fsp3) is 0.115. The minimum atomic E-state index is -1.09. The molecule has 3 aromatic rings. The number of benzene rings is 2. The molecule has 2 aliphatic heterocycles. The first kappa shape index (κ1) is 21.7. The second-order valence-corrected chi connectivity index (χ2v) is 9.27. The van der Waals surface area contributed by atoms with Crippen LogP contribution in [0.15, 0.2) is 77.4 Å². The molecule has 9 heteroatoms. The third-order valence-electron chi connectivity index (χ3n) is 6.55. The maximum atomic E-state index is 13.8. The van der Waals surface area contributed by atoms with Crippen LogP contribution >= 0.6 is 23.2 Å². The Bertz CT molecular complexity index is 1520. The van der Waals surface area contributed by atoms with Crippen molar-refractivity contribution in [2.24, 2.45) is 16.8 Å². The van der Waals surface area contributed by atoms with Crippen LogP contribution in [0.4, 0.5) is 5.69 Å². The average molecular weight is 504 g/mol. The van der Waals surface area contributed by atoms with Gasteiger partial charge in [-0.05, 0) is 30.3 Å². The summed E-state index contributed by atoms with van der Waals surface area (Å²) >= 11 is 12.4. The van der Waals surface area contributed by atoms with Gasteiger partial charge in [0.05, 0.1) is 39.5 Å². The molecule has 35 heavy (non-hydrogen) atoms. The second kappa shape index (κ2) is 7.86. The number of allylic oxidation sites excluding steroid dienone is 1. The van der Waals surface area contributed by atoms with Gasteiger partial charge in [0.2, 0.25) is 11.8 Å². The summed E-state index contributed by atoms with van der Waals surface area (Å²) in [4.78, 5) is 50.8. The molecule has 0 spiro atoms. The van der Waals surface area contributed by atoms with Gasteiger partial charge in [-0.15, -0.1) is 0 Å². The highest BCUT2D eigenvalue weighted by Gasteiger charge is 2.60. The van der Waals surface area contributed by atoms with Crippen LogP contribution in [-0.4, -0.2) is 33.4 Å². The summed E-state index contributed by atoms with van der Waals surface area (Å²) in [7, 11) is 0. The van der Waals surface area contributed by atoms with Crippen LogP contribution in [0.25, 0.3) is 5.76 Å². The van der Waals surface area contributed by atoms with E-state index >= 15 is 0 Å². The fourth-order valence-electron chi connectivity index (χ4n) is 5.03. The second-order valence-electron chi connectivity index (χ2n) is 8.42. The summed E-state index contributed by atoms with van der Waals surface area (Å²) in [6, 6.07) is 15.5. The van der Waals surface area contributed by atoms with Gasteiger partial charge in [0.25, 0.3) is 0 Å². The molecule has 1 saturated heterocycles. The lowest BCUT2D eigenvalue weighted by atomic mass is 9.84. The van der Waals surface area contributed by atoms with Crippen molar-refractivity contribution in [3.8, 4) is 0 Å². The van der Waals surface area contributed by atoms with Crippen LogP contribution < -0.4 is 4.90 Å². The van der Waals surface area contributed by atoms with Crippen molar-refractivity contribution in [3.05, 3.63) is 99.3 Å². The van der Waals surface area contributed by atoms with E-state index in [0.717, 1.165) is 4.90 Å². The van der Waals surface area contributed by atoms with Gasteiger partial charge in [0, 0.05) is 22.3 Å². The SMILES string of the molecule is O=C1C(C2=N[C@H](c3ccccn3)[C@H]3C(=O)N(c4ccc(Cl)cc4Cl)C(=O)[C@H]23)=C(O)c2ccccc21. The number of pyridine rings is 1. The van der Waals surface area contributed by atoms with Crippen molar-refractivity contribution in [2.45, 2.75) is 6.04 Å². The van der Waals surface area contributed by atoms with Crippen LogP contribution in [0.2, 0.25) is 10.0 Å². The maximum Gasteiger partial charge on any atom is 0.243 e. The van der Waals surface area contributed by atoms with Gasteiger partial charge in [-0.1, -0.05) is 53.5 Å². The Kier molecular flexibility index (Phi) is 4.88.